The average Bonchev–Trinajstić information content (AvgIpc) is 2.40. The third-order valence-electron chi connectivity index (χ3n) is 2.86. The van der Waals surface area contributed by atoms with Gasteiger partial charge in [0.05, 0.1) is 10.7 Å². The van der Waals surface area contributed by atoms with E-state index in [1.54, 1.807) is 12.1 Å². The van der Waals surface area contributed by atoms with E-state index in [2.05, 4.69) is 18.0 Å². The Balaban J connectivity index is 2.20. The maximum Gasteiger partial charge on any atom is 0.141 e. The third-order valence-corrected chi connectivity index (χ3v) is 3.15. The molecule has 0 N–H and O–H groups in total. The minimum absolute atomic E-state index is 0.129. The second kappa shape index (κ2) is 5.96. The Morgan fingerprint density at radius 1 is 1.22 bits per heavy atom. The van der Waals surface area contributed by atoms with Crippen LogP contribution in [0.4, 0.5) is 4.39 Å². The zero-order valence-corrected chi connectivity index (χ0v) is 11.0. The van der Waals surface area contributed by atoms with Crippen LogP contribution in [-0.4, -0.2) is 4.98 Å². The molecule has 1 aromatic carbocycles. The molecule has 1 nitrogen and oxygen atoms in total. The van der Waals surface area contributed by atoms with Crippen molar-refractivity contribution >= 4 is 11.6 Å². The minimum Gasteiger partial charge on any atom is -0.256 e. The number of nitrogens with zero attached hydrogens (tertiary/aromatic N) is 1. The first kappa shape index (κ1) is 13.0. The van der Waals surface area contributed by atoms with Gasteiger partial charge in [0, 0.05) is 11.8 Å². The zero-order chi connectivity index (χ0) is 13.0. The highest BCUT2D eigenvalue weighted by molar-refractivity contribution is 6.31. The first-order valence-electron chi connectivity index (χ1n) is 6.11. The van der Waals surface area contributed by atoms with Crippen LogP contribution in [0, 0.1) is 5.82 Å². The highest BCUT2D eigenvalue weighted by Crippen LogP contribution is 2.23. The van der Waals surface area contributed by atoms with Crippen LogP contribution in [0.5, 0.6) is 0 Å². The van der Waals surface area contributed by atoms with Crippen molar-refractivity contribution in [2.75, 3.05) is 0 Å². The van der Waals surface area contributed by atoms with Gasteiger partial charge in [-0.2, -0.15) is 0 Å². The molecule has 0 aliphatic carbocycles. The minimum atomic E-state index is -0.403. The van der Waals surface area contributed by atoms with Crippen molar-refractivity contribution in [3.05, 3.63) is 52.9 Å². The number of benzene rings is 1. The van der Waals surface area contributed by atoms with Gasteiger partial charge in [0.25, 0.3) is 0 Å². The van der Waals surface area contributed by atoms with Crippen LogP contribution in [0.3, 0.4) is 0 Å². The molecule has 1 aromatic heterocycles. The topological polar surface area (TPSA) is 12.9 Å². The fraction of sp³-hybridized carbons (Fsp3) is 0.267. The van der Waals surface area contributed by atoms with Gasteiger partial charge in [-0.3, -0.25) is 4.98 Å². The Hall–Kier alpha value is -1.41. The third kappa shape index (κ3) is 3.08. The number of rotatable bonds is 4. The summed E-state index contributed by atoms with van der Waals surface area (Å²) >= 11 is 5.76. The van der Waals surface area contributed by atoms with Crippen LogP contribution in [0.1, 0.15) is 25.3 Å². The average molecular weight is 264 g/mol. The van der Waals surface area contributed by atoms with E-state index in [4.69, 9.17) is 11.6 Å². The first-order valence-corrected chi connectivity index (χ1v) is 6.49. The Kier molecular flexibility index (Phi) is 4.32. The van der Waals surface area contributed by atoms with Gasteiger partial charge in [-0.05, 0) is 42.7 Å². The van der Waals surface area contributed by atoms with Crippen LogP contribution >= 0.6 is 11.6 Å². The maximum absolute atomic E-state index is 13.1. The molecule has 0 bridgehead atoms. The molecule has 94 valence electrons. The van der Waals surface area contributed by atoms with E-state index in [0.717, 1.165) is 17.7 Å². The molecule has 18 heavy (non-hydrogen) atoms. The molecule has 0 atom stereocenters. The van der Waals surface area contributed by atoms with Crippen LogP contribution in [-0.2, 0) is 6.42 Å². The molecule has 2 aromatic rings. The SMILES string of the molecule is CCCCc1ccc(-c2ccc(F)c(Cl)c2)nc1. The zero-order valence-electron chi connectivity index (χ0n) is 10.3. The predicted octanol–water partition coefficient (Wildman–Crippen LogP) is 4.88. The van der Waals surface area contributed by atoms with E-state index >= 15 is 0 Å². The molecule has 0 fully saturated rings. The van der Waals surface area contributed by atoms with E-state index in [1.807, 2.05) is 12.3 Å². The van der Waals surface area contributed by atoms with Crippen molar-refractivity contribution in [2.45, 2.75) is 26.2 Å². The number of halogens is 2. The molecule has 0 saturated heterocycles. The van der Waals surface area contributed by atoms with Crippen molar-refractivity contribution < 1.29 is 4.39 Å². The summed E-state index contributed by atoms with van der Waals surface area (Å²) in [6.07, 6.45) is 5.27. The fourth-order valence-corrected chi connectivity index (χ4v) is 1.96. The normalized spacial score (nSPS) is 10.6. The molecular weight excluding hydrogens is 249 g/mol. The lowest BCUT2D eigenvalue weighted by molar-refractivity contribution is 0.628. The summed E-state index contributed by atoms with van der Waals surface area (Å²) in [7, 11) is 0. The number of aryl methyl sites for hydroxylation is 1. The van der Waals surface area contributed by atoms with Gasteiger partial charge >= 0.3 is 0 Å². The quantitative estimate of drug-likeness (QED) is 0.766. The van der Waals surface area contributed by atoms with Gasteiger partial charge in [0.1, 0.15) is 5.82 Å². The van der Waals surface area contributed by atoms with E-state index in [9.17, 15) is 4.39 Å². The predicted molar refractivity (Wildman–Crippen MR) is 73.3 cm³/mol. The lowest BCUT2D eigenvalue weighted by Gasteiger charge is -2.04. The molecule has 0 aliphatic heterocycles. The van der Waals surface area contributed by atoms with E-state index in [1.165, 1.54) is 24.5 Å². The Labute approximate surface area is 112 Å². The Morgan fingerprint density at radius 3 is 2.67 bits per heavy atom. The smallest absolute Gasteiger partial charge is 0.141 e. The standard InChI is InChI=1S/C15H15ClFN/c1-2-3-4-11-5-8-15(18-10-11)12-6-7-14(17)13(16)9-12/h5-10H,2-4H2,1H3. The summed E-state index contributed by atoms with van der Waals surface area (Å²) in [5.41, 5.74) is 2.88. The van der Waals surface area contributed by atoms with Gasteiger partial charge in [-0.25, -0.2) is 4.39 Å². The molecule has 0 unspecified atom stereocenters. The van der Waals surface area contributed by atoms with Crippen molar-refractivity contribution in [3.8, 4) is 11.3 Å². The van der Waals surface area contributed by atoms with Crippen LogP contribution < -0.4 is 0 Å². The number of hydrogen-bond acceptors (Lipinski definition) is 1. The van der Waals surface area contributed by atoms with Gasteiger partial charge in [0.2, 0.25) is 0 Å². The highest BCUT2D eigenvalue weighted by atomic mass is 35.5. The lowest BCUT2D eigenvalue weighted by Crippen LogP contribution is -1.89. The Morgan fingerprint density at radius 2 is 2.06 bits per heavy atom. The molecule has 2 rings (SSSR count). The molecule has 0 aliphatic rings. The summed E-state index contributed by atoms with van der Waals surface area (Å²) in [6, 6.07) is 8.67. The fourth-order valence-electron chi connectivity index (χ4n) is 1.78. The second-order valence-electron chi connectivity index (χ2n) is 4.28. The Bertz CT molecular complexity index is 523. The lowest BCUT2D eigenvalue weighted by atomic mass is 10.1. The van der Waals surface area contributed by atoms with Gasteiger partial charge in [0.15, 0.2) is 0 Å². The van der Waals surface area contributed by atoms with E-state index in [-0.39, 0.29) is 5.02 Å². The molecule has 0 spiro atoms. The second-order valence-corrected chi connectivity index (χ2v) is 4.69. The van der Waals surface area contributed by atoms with Crippen molar-refractivity contribution in [1.82, 2.24) is 4.98 Å². The summed E-state index contributed by atoms with van der Waals surface area (Å²) in [5.74, 6) is -0.403. The van der Waals surface area contributed by atoms with Crippen molar-refractivity contribution in [2.24, 2.45) is 0 Å². The number of unbranched alkanes of at least 4 members (excludes halogenated alkanes) is 1. The highest BCUT2D eigenvalue weighted by Gasteiger charge is 2.04. The molecule has 3 heteroatoms. The summed E-state index contributed by atoms with van der Waals surface area (Å²) in [5, 5.41) is 0.129. The van der Waals surface area contributed by atoms with E-state index in [0.29, 0.717) is 0 Å². The monoisotopic (exact) mass is 263 g/mol. The van der Waals surface area contributed by atoms with Crippen LogP contribution in [0.15, 0.2) is 36.5 Å². The first-order chi connectivity index (χ1) is 8.70. The largest absolute Gasteiger partial charge is 0.256 e. The number of hydrogen-bond donors (Lipinski definition) is 0. The number of pyridine rings is 1. The summed E-state index contributed by atoms with van der Waals surface area (Å²) in [4.78, 5) is 4.39. The summed E-state index contributed by atoms with van der Waals surface area (Å²) < 4.78 is 13.1. The van der Waals surface area contributed by atoms with Gasteiger partial charge < -0.3 is 0 Å². The molecule has 0 radical (unpaired) electrons. The van der Waals surface area contributed by atoms with Gasteiger partial charge in [-0.15, -0.1) is 0 Å². The number of aromatic nitrogens is 1. The van der Waals surface area contributed by atoms with E-state index < -0.39 is 5.82 Å². The molecular formula is C15H15ClFN. The van der Waals surface area contributed by atoms with Crippen molar-refractivity contribution in [1.29, 1.82) is 0 Å². The van der Waals surface area contributed by atoms with Crippen LogP contribution in [0.2, 0.25) is 5.02 Å². The summed E-state index contributed by atoms with van der Waals surface area (Å²) in [6.45, 7) is 2.17. The van der Waals surface area contributed by atoms with Gasteiger partial charge in [-0.1, -0.05) is 31.0 Å². The van der Waals surface area contributed by atoms with Crippen LogP contribution in [0.25, 0.3) is 11.3 Å². The van der Waals surface area contributed by atoms with Crippen molar-refractivity contribution in [3.63, 3.8) is 0 Å². The molecule has 1 heterocycles. The molecule has 0 saturated carbocycles. The molecule has 0 amide bonds. The maximum atomic E-state index is 13.1.